The molecule has 0 radical (unpaired) electrons. The van der Waals surface area contributed by atoms with Crippen molar-refractivity contribution in [1.29, 1.82) is 0 Å². The molecule has 8 atom stereocenters. The van der Waals surface area contributed by atoms with Crippen LogP contribution in [0.3, 0.4) is 0 Å². The quantitative estimate of drug-likeness (QED) is 0.0484. The highest BCUT2D eigenvalue weighted by atomic mass is 16.6. The summed E-state index contributed by atoms with van der Waals surface area (Å²) in [4.78, 5) is 0. The molecule has 0 amide bonds. The second-order valence-corrected chi connectivity index (χ2v) is 15.0. The van der Waals surface area contributed by atoms with Gasteiger partial charge in [-0.1, -0.05) is 79.1 Å². The predicted molar refractivity (Wildman–Crippen MR) is 231 cm³/mol. The predicted octanol–water partition coefficient (Wildman–Crippen LogP) is 2.83. The number of unbranched alkanes of at least 4 members (excludes halogenated alkanes) is 4. The first kappa shape index (κ1) is 60.3. The van der Waals surface area contributed by atoms with Crippen molar-refractivity contribution in [2.45, 2.75) is 154 Å². The lowest BCUT2D eigenvalue weighted by molar-refractivity contribution is -0.173. The molecule has 0 aliphatic rings. The zero-order chi connectivity index (χ0) is 45.0. The molecule has 8 unspecified atom stereocenters. The Morgan fingerprint density at radius 3 is 0.754 bits per heavy atom. The third kappa shape index (κ3) is 34.4. The van der Waals surface area contributed by atoms with E-state index in [2.05, 4.69) is 27.7 Å². The molecule has 0 heterocycles. The van der Waals surface area contributed by atoms with Crippen molar-refractivity contribution >= 4 is 0 Å². The van der Waals surface area contributed by atoms with E-state index < -0.39 is 48.8 Å². The minimum absolute atomic E-state index is 0.269. The minimum atomic E-state index is -0.890. The molecule has 0 aliphatic carbocycles. The lowest BCUT2D eigenvalue weighted by Crippen LogP contribution is -2.44. The van der Waals surface area contributed by atoms with Gasteiger partial charge in [-0.3, -0.25) is 0 Å². The first-order valence-electron chi connectivity index (χ1n) is 23.2. The molecule has 0 saturated heterocycles. The van der Waals surface area contributed by atoms with Crippen molar-refractivity contribution in [1.82, 2.24) is 0 Å². The molecule has 0 spiro atoms. The zero-order valence-corrected chi connectivity index (χ0v) is 38.4. The molecule has 17 nitrogen and oxygen atoms in total. The number of hydrogen-bond donors (Lipinski definition) is 6. The Kier molecular flexibility index (Phi) is 45.4. The molecule has 0 saturated carbocycles. The van der Waals surface area contributed by atoms with E-state index in [1.807, 2.05) is 0 Å². The van der Waals surface area contributed by atoms with Crippen LogP contribution in [0.4, 0.5) is 0 Å². The molecule has 0 fully saturated rings. The van der Waals surface area contributed by atoms with Gasteiger partial charge in [0, 0.05) is 0 Å². The van der Waals surface area contributed by atoms with Crippen LogP contribution in [0.25, 0.3) is 0 Å². The lowest BCUT2D eigenvalue weighted by Gasteiger charge is -2.33. The number of ether oxygens (including phenoxy) is 11. The largest absolute Gasteiger partial charge is 0.394 e. The molecule has 0 rings (SSSR count). The second-order valence-electron chi connectivity index (χ2n) is 15.0. The molecule has 0 aromatic heterocycles. The van der Waals surface area contributed by atoms with Crippen molar-refractivity contribution in [2.24, 2.45) is 0 Å². The second kappa shape index (κ2) is 45.9. The summed E-state index contributed by atoms with van der Waals surface area (Å²) in [5.74, 6) is 0. The van der Waals surface area contributed by atoms with E-state index in [0.29, 0.717) is 131 Å². The SMILES string of the molecule is CCCCC(OCCOCCOCCOCCOC(CCCC)C(CO)OC(CO)C(CCCC)OCCOCCOCCOCCOC(CCCC)C(O)CO)C(O)CO. The van der Waals surface area contributed by atoms with Crippen LogP contribution in [-0.4, -0.2) is 212 Å². The summed E-state index contributed by atoms with van der Waals surface area (Å²) >= 11 is 0. The van der Waals surface area contributed by atoms with Crippen LogP contribution < -0.4 is 0 Å². The van der Waals surface area contributed by atoms with Crippen LogP contribution in [-0.2, 0) is 52.1 Å². The van der Waals surface area contributed by atoms with Gasteiger partial charge in [-0.15, -0.1) is 0 Å². The number of aliphatic hydroxyl groups is 6. The smallest absolute Gasteiger partial charge is 0.107 e. The summed E-state index contributed by atoms with van der Waals surface area (Å²) in [6.07, 6.45) is 5.57. The Morgan fingerprint density at radius 2 is 0.525 bits per heavy atom. The van der Waals surface area contributed by atoms with E-state index in [0.717, 1.165) is 51.4 Å². The third-order valence-electron chi connectivity index (χ3n) is 9.87. The summed E-state index contributed by atoms with van der Waals surface area (Å²) in [6, 6.07) is 0. The number of rotatable bonds is 50. The number of hydrogen-bond acceptors (Lipinski definition) is 17. The fourth-order valence-corrected chi connectivity index (χ4v) is 6.22. The van der Waals surface area contributed by atoms with E-state index in [-0.39, 0.29) is 26.4 Å². The fraction of sp³-hybridized carbons (Fsp3) is 1.00. The molecule has 0 aliphatic heterocycles. The highest BCUT2D eigenvalue weighted by Gasteiger charge is 2.30. The minimum Gasteiger partial charge on any atom is -0.394 e. The first-order valence-corrected chi connectivity index (χ1v) is 23.2. The zero-order valence-electron chi connectivity index (χ0n) is 38.4. The molecule has 368 valence electrons. The van der Waals surface area contributed by atoms with Gasteiger partial charge < -0.3 is 82.7 Å². The maximum absolute atomic E-state index is 10.4. The maximum atomic E-state index is 10.4. The third-order valence-corrected chi connectivity index (χ3v) is 9.87. The topological polar surface area (TPSA) is 223 Å². The first-order chi connectivity index (χ1) is 29.9. The van der Waals surface area contributed by atoms with Gasteiger partial charge in [0.05, 0.1) is 157 Å². The molecular formula is C44H90O17. The van der Waals surface area contributed by atoms with Crippen molar-refractivity contribution in [3.63, 3.8) is 0 Å². The van der Waals surface area contributed by atoms with Crippen molar-refractivity contribution in [3.8, 4) is 0 Å². The van der Waals surface area contributed by atoms with Gasteiger partial charge in [-0.25, -0.2) is 0 Å². The van der Waals surface area contributed by atoms with E-state index in [1.54, 1.807) is 0 Å². The van der Waals surface area contributed by atoms with Crippen LogP contribution in [0, 0.1) is 0 Å². The van der Waals surface area contributed by atoms with Crippen molar-refractivity contribution < 1.29 is 82.7 Å². The number of aliphatic hydroxyl groups excluding tert-OH is 6. The monoisotopic (exact) mass is 891 g/mol. The van der Waals surface area contributed by atoms with E-state index in [9.17, 15) is 30.6 Å². The van der Waals surface area contributed by atoms with Gasteiger partial charge in [0.25, 0.3) is 0 Å². The Balaban J connectivity index is 4.43. The van der Waals surface area contributed by atoms with Crippen LogP contribution in [0.15, 0.2) is 0 Å². The summed E-state index contributed by atoms with van der Waals surface area (Å²) in [7, 11) is 0. The Morgan fingerprint density at radius 1 is 0.295 bits per heavy atom. The Bertz CT molecular complexity index is 799. The lowest BCUT2D eigenvalue weighted by atomic mass is 10.0. The van der Waals surface area contributed by atoms with Crippen molar-refractivity contribution in [3.05, 3.63) is 0 Å². The summed E-state index contributed by atoms with van der Waals surface area (Å²) in [5.41, 5.74) is 0. The van der Waals surface area contributed by atoms with Crippen LogP contribution >= 0.6 is 0 Å². The standard InChI is InChI=1S/C44H90O17/c1-5-9-13-39(37(49)33-45)57-29-25-53-21-17-51-19-23-55-27-31-59-41(15-11-7-3)43(35-47)61-44(36-48)42(16-12-8-4)60-32-28-56-24-20-52-18-22-54-26-30-58-40(14-10-6-2)38(50)34-46/h37-50H,5-36H2,1-4H3. The van der Waals surface area contributed by atoms with Crippen LogP contribution in [0.5, 0.6) is 0 Å². The van der Waals surface area contributed by atoms with Gasteiger partial charge in [-0.2, -0.15) is 0 Å². The van der Waals surface area contributed by atoms with Crippen molar-refractivity contribution in [2.75, 3.05) is 132 Å². The van der Waals surface area contributed by atoms with Gasteiger partial charge in [0.15, 0.2) is 0 Å². The van der Waals surface area contributed by atoms with Gasteiger partial charge >= 0.3 is 0 Å². The maximum Gasteiger partial charge on any atom is 0.107 e. The molecule has 0 bridgehead atoms. The molecule has 17 heteroatoms. The highest BCUT2D eigenvalue weighted by molar-refractivity contribution is 4.78. The summed E-state index contributed by atoms with van der Waals surface area (Å²) < 4.78 is 63.6. The van der Waals surface area contributed by atoms with Gasteiger partial charge in [0.1, 0.15) is 24.4 Å². The average Bonchev–Trinajstić information content (AvgIpc) is 3.28. The van der Waals surface area contributed by atoms with E-state index >= 15 is 0 Å². The van der Waals surface area contributed by atoms with Gasteiger partial charge in [0.2, 0.25) is 0 Å². The molecule has 0 aromatic carbocycles. The van der Waals surface area contributed by atoms with E-state index in [1.165, 1.54) is 0 Å². The van der Waals surface area contributed by atoms with Crippen LogP contribution in [0.2, 0.25) is 0 Å². The molecule has 6 N–H and O–H groups in total. The van der Waals surface area contributed by atoms with Crippen LogP contribution in [0.1, 0.15) is 105 Å². The normalized spacial score (nSPS) is 16.0. The Hall–Kier alpha value is -0.680. The average molecular weight is 891 g/mol. The Labute approximate surface area is 367 Å². The molecular weight excluding hydrogens is 800 g/mol. The fourth-order valence-electron chi connectivity index (χ4n) is 6.22. The van der Waals surface area contributed by atoms with Gasteiger partial charge in [-0.05, 0) is 25.7 Å². The highest BCUT2D eigenvalue weighted by Crippen LogP contribution is 2.19. The molecule has 61 heavy (non-hydrogen) atoms. The summed E-state index contributed by atoms with van der Waals surface area (Å²) in [5, 5.41) is 59.0. The summed E-state index contributed by atoms with van der Waals surface area (Å²) in [6.45, 7) is 13.0. The molecule has 0 aromatic rings. The van der Waals surface area contributed by atoms with E-state index in [4.69, 9.17) is 52.1 Å².